The highest BCUT2D eigenvalue weighted by Gasteiger charge is 2.56. The summed E-state index contributed by atoms with van der Waals surface area (Å²) in [6, 6.07) is 4.51. The van der Waals surface area contributed by atoms with E-state index in [2.05, 4.69) is 0 Å². The zero-order valence-corrected chi connectivity index (χ0v) is 15.5. The minimum atomic E-state index is -0.879. The minimum absolute atomic E-state index is 0.0560. The first-order chi connectivity index (χ1) is 13.4. The van der Waals surface area contributed by atoms with E-state index in [1.807, 2.05) is 4.90 Å². The molecule has 1 aromatic rings. The number of morpholine rings is 1. The fraction of sp³-hybridized carbons (Fsp3) is 0.579. The molecule has 2 heterocycles. The van der Waals surface area contributed by atoms with Crippen LogP contribution in [0.4, 0.5) is 11.4 Å². The number of hydrogen-bond acceptors (Lipinski definition) is 6. The molecule has 4 rings (SSSR count). The number of carboxylic acids is 1. The largest absolute Gasteiger partial charge is 0.481 e. The lowest BCUT2D eigenvalue weighted by Gasteiger charge is -2.31. The van der Waals surface area contributed by atoms with E-state index in [0.29, 0.717) is 45.0 Å². The number of nitro groups is 1. The summed E-state index contributed by atoms with van der Waals surface area (Å²) in [5.41, 5.74) is -0.422. The second kappa shape index (κ2) is 7.05. The molecule has 1 amide bonds. The molecule has 9 nitrogen and oxygen atoms in total. The second-order valence-corrected chi connectivity index (χ2v) is 7.77. The molecule has 28 heavy (non-hydrogen) atoms. The van der Waals surface area contributed by atoms with Gasteiger partial charge in [-0.3, -0.25) is 19.7 Å². The molecule has 150 valence electrons. The van der Waals surface area contributed by atoms with E-state index >= 15 is 0 Å². The third-order valence-electron chi connectivity index (χ3n) is 6.35. The average Bonchev–Trinajstić information content (AvgIpc) is 3.26. The molecule has 1 N–H and O–H groups in total. The number of carboxylic acid groups (broad SMARTS) is 1. The van der Waals surface area contributed by atoms with Crippen LogP contribution in [0.15, 0.2) is 18.2 Å². The molecule has 0 aromatic heterocycles. The number of benzene rings is 1. The van der Waals surface area contributed by atoms with E-state index in [9.17, 15) is 24.8 Å². The number of aliphatic carboxylic acids is 1. The van der Waals surface area contributed by atoms with E-state index in [4.69, 9.17) is 4.74 Å². The average molecular weight is 389 g/mol. The Hall–Kier alpha value is -2.68. The highest BCUT2D eigenvalue weighted by Crippen LogP contribution is 2.49. The first-order valence-corrected chi connectivity index (χ1v) is 9.57. The van der Waals surface area contributed by atoms with E-state index in [0.717, 1.165) is 12.8 Å². The van der Waals surface area contributed by atoms with Gasteiger partial charge in [0.05, 0.1) is 29.1 Å². The molecule has 1 aromatic carbocycles. The molecule has 0 spiro atoms. The van der Waals surface area contributed by atoms with E-state index in [-0.39, 0.29) is 29.6 Å². The second-order valence-electron chi connectivity index (χ2n) is 7.77. The number of nitro benzene ring substituents is 1. The fourth-order valence-corrected chi connectivity index (χ4v) is 4.93. The predicted octanol–water partition coefficient (Wildman–Crippen LogP) is 1.76. The normalized spacial score (nSPS) is 26.9. The number of rotatable bonds is 4. The molecule has 0 radical (unpaired) electrons. The summed E-state index contributed by atoms with van der Waals surface area (Å²) in [7, 11) is 0. The monoisotopic (exact) mass is 389 g/mol. The van der Waals surface area contributed by atoms with Crippen LogP contribution in [-0.4, -0.2) is 66.2 Å². The molecule has 9 heteroatoms. The van der Waals surface area contributed by atoms with Gasteiger partial charge < -0.3 is 19.6 Å². The smallest absolute Gasteiger partial charge is 0.311 e. The van der Waals surface area contributed by atoms with Crippen molar-refractivity contribution >= 4 is 23.3 Å². The summed E-state index contributed by atoms with van der Waals surface area (Å²) >= 11 is 0. The molecule has 1 aliphatic carbocycles. The Bertz CT molecular complexity index is 822. The van der Waals surface area contributed by atoms with Gasteiger partial charge in [-0.05, 0) is 24.8 Å². The summed E-state index contributed by atoms with van der Waals surface area (Å²) in [6.07, 6.45) is 2.22. The summed E-state index contributed by atoms with van der Waals surface area (Å²) in [5.74, 6) is -1.24. The van der Waals surface area contributed by atoms with E-state index in [1.54, 1.807) is 11.0 Å². The van der Waals surface area contributed by atoms with Crippen LogP contribution in [0, 0.1) is 21.4 Å². The Labute approximate surface area is 162 Å². The summed E-state index contributed by atoms with van der Waals surface area (Å²) in [6.45, 7) is 2.36. The SMILES string of the molecule is O=C(c1cccc([N+](=O)[O-])c1N1CCOCC1)N1C[C@@H]2CCC[C@@]2(C(=O)O)C1. The maximum absolute atomic E-state index is 13.3. The summed E-state index contributed by atoms with van der Waals surface area (Å²) < 4.78 is 5.34. The van der Waals surface area contributed by atoms with Crippen molar-refractivity contribution in [3.8, 4) is 0 Å². The Morgan fingerprint density at radius 1 is 1.29 bits per heavy atom. The summed E-state index contributed by atoms with van der Waals surface area (Å²) in [5, 5.41) is 21.4. The zero-order chi connectivity index (χ0) is 19.9. The number of amides is 1. The minimum Gasteiger partial charge on any atom is -0.481 e. The quantitative estimate of drug-likeness (QED) is 0.616. The van der Waals surface area contributed by atoms with Gasteiger partial charge in [0, 0.05) is 32.2 Å². The van der Waals surface area contributed by atoms with Crippen LogP contribution in [0.1, 0.15) is 29.6 Å². The maximum Gasteiger partial charge on any atom is 0.311 e. The van der Waals surface area contributed by atoms with Crippen LogP contribution in [0.5, 0.6) is 0 Å². The van der Waals surface area contributed by atoms with Gasteiger partial charge in [-0.25, -0.2) is 0 Å². The van der Waals surface area contributed by atoms with E-state index < -0.39 is 16.3 Å². The van der Waals surface area contributed by atoms with Crippen molar-refractivity contribution in [2.75, 3.05) is 44.3 Å². The van der Waals surface area contributed by atoms with Gasteiger partial charge in [0.1, 0.15) is 5.69 Å². The van der Waals surface area contributed by atoms with Gasteiger partial charge in [0.15, 0.2) is 0 Å². The topological polar surface area (TPSA) is 113 Å². The number of carbonyl (C=O) groups excluding carboxylic acids is 1. The third kappa shape index (κ3) is 2.90. The van der Waals surface area contributed by atoms with Crippen LogP contribution < -0.4 is 4.90 Å². The van der Waals surface area contributed by atoms with Gasteiger partial charge in [-0.1, -0.05) is 12.5 Å². The van der Waals surface area contributed by atoms with Crippen molar-refractivity contribution in [3.05, 3.63) is 33.9 Å². The Kier molecular flexibility index (Phi) is 4.70. The number of nitrogens with zero attached hydrogens (tertiary/aromatic N) is 3. The Morgan fingerprint density at radius 2 is 2.04 bits per heavy atom. The third-order valence-corrected chi connectivity index (χ3v) is 6.35. The predicted molar refractivity (Wildman–Crippen MR) is 99.4 cm³/mol. The van der Waals surface area contributed by atoms with Crippen molar-refractivity contribution in [1.82, 2.24) is 4.90 Å². The standard InChI is InChI=1S/C19H23N3O6/c23-17(21-11-13-3-2-6-19(13,12-21)18(24)25)14-4-1-5-15(22(26)27)16(14)20-7-9-28-10-8-20/h1,4-5,13H,2-3,6-12H2,(H,24,25)/t13-,19+/m0/s1. The van der Waals surface area contributed by atoms with Gasteiger partial charge >= 0.3 is 5.97 Å². The zero-order valence-electron chi connectivity index (χ0n) is 15.5. The highest BCUT2D eigenvalue weighted by molar-refractivity contribution is 6.02. The molecule has 2 atom stereocenters. The lowest BCUT2D eigenvalue weighted by atomic mass is 9.81. The maximum atomic E-state index is 13.3. The van der Waals surface area contributed by atoms with Gasteiger partial charge in [-0.2, -0.15) is 0 Å². The molecule has 2 saturated heterocycles. The molecule has 3 aliphatic rings. The number of fused-ring (bicyclic) bond motifs is 1. The number of hydrogen-bond donors (Lipinski definition) is 1. The lowest BCUT2D eigenvalue weighted by Crippen LogP contribution is -2.40. The lowest BCUT2D eigenvalue weighted by molar-refractivity contribution is -0.384. The number of para-hydroxylation sites is 1. The van der Waals surface area contributed by atoms with Gasteiger partial charge in [0.2, 0.25) is 0 Å². The number of anilines is 1. The van der Waals surface area contributed by atoms with Gasteiger partial charge in [-0.15, -0.1) is 0 Å². The van der Waals surface area contributed by atoms with Crippen LogP contribution in [0.3, 0.4) is 0 Å². The van der Waals surface area contributed by atoms with Crippen molar-refractivity contribution < 1.29 is 24.4 Å². The molecule has 0 unspecified atom stereocenters. The molecular formula is C19H23N3O6. The molecule has 3 fully saturated rings. The number of likely N-dealkylation sites (tertiary alicyclic amines) is 1. The molecule has 2 aliphatic heterocycles. The molecule has 1 saturated carbocycles. The van der Waals surface area contributed by atoms with Crippen molar-refractivity contribution in [3.63, 3.8) is 0 Å². The Balaban J connectivity index is 1.69. The highest BCUT2D eigenvalue weighted by atomic mass is 16.6. The van der Waals surface area contributed by atoms with Crippen LogP contribution >= 0.6 is 0 Å². The van der Waals surface area contributed by atoms with Crippen LogP contribution in [-0.2, 0) is 9.53 Å². The van der Waals surface area contributed by atoms with Crippen molar-refractivity contribution in [2.45, 2.75) is 19.3 Å². The first-order valence-electron chi connectivity index (χ1n) is 9.57. The van der Waals surface area contributed by atoms with Crippen LogP contribution in [0.25, 0.3) is 0 Å². The fourth-order valence-electron chi connectivity index (χ4n) is 4.93. The summed E-state index contributed by atoms with van der Waals surface area (Å²) in [4.78, 5) is 39.8. The van der Waals surface area contributed by atoms with Crippen molar-refractivity contribution in [2.24, 2.45) is 11.3 Å². The molecule has 0 bridgehead atoms. The molecular weight excluding hydrogens is 366 g/mol. The van der Waals surface area contributed by atoms with E-state index in [1.165, 1.54) is 12.1 Å². The Morgan fingerprint density at radius 3 is 2.68 bits per heavy atom. The number of carbonyl (C=O) groups is 2. The van der Waals surface area contributed by atoms with Crippen LogP contribution in [0.2, 0.25) is 0 Å². The first kappa shape index (κ1) is 18.7. The van der Waals surface area contributed by atoms with Gasteiger partial charge in [0.25, 0.3) is 11.6 Å². The van der Waals surface area contributed by atoms with Crippen molar-refractivity contribution in [1.29, 1.82) is 0 Å². The number of ether oxygens (including phenoxy) is 1.